The molecule has 0 nitrogen and oxygen atoms in total. The Balaban J connectivity index is 1.95. The van der Waals surface area contributed by atoms with Crippen LogP contribution in [0.1, 0.15) is 32.1 Å². The third-order valence-corrected chi connectivity index (χ3v) is 4.55. The zero-order valence-electron chi connectivity index (χ0n) is 7.10. The first-order valence-electron chi connectivity index (χ1n) is 4.99. The molecule has 0 heterocycles. The molecule has 0 N–H and O–H groups in total. The Labute approximate surface area is 77.5 Å². The molecular formula is C10H14ClF. The lowest BCUT2D eigenvalue weighted by molar-refractivity contribution is -0.0410. The predicted molar refractivity (Wildman–Crippen MR) is 47.0 cm³/mol. The smallest absolute Gasteiger partial charge is 0.106 e. The van der Waals surface area contributed by atoms with E-state index in [0.29, 0.717) is 11.8 Å². The molecule has 0 aromatic carbocycles. The minimum Gasteiger partial charge on any atom is -0.247 e. The fraction of sp³-hybridized carbons (Fsp3) is 1.00. The maximum Gasteiger partial charge on any atom is 0.106 e. The lowest BCUT2D eigenvalue weighted by Crippen LogP contribution is -2.53. The van der Waals surface area contributed by atoms with Gasteiger partial charge in [-0.2, -0.15) is 0 Å². The van der Waals surface area contributed by atoms with E-state index in [4.69, 9.17) is 11.6 Å². The van der Waals surface area contributed by atoms with Crippen LogP contribution in [0.4, 0.5) is 4.39 Å². The van der Waals surface area contributed by atoms with Gasteiger partial charge in [0.25, 0.3) is 0 Å². The van der Waals surface area contributed by atoms with Gasteiger partial charge in [-0.25, -0.2) is 4.39 Å². The van der Waals surface area contributed by atoms with E-state index >= 15 is 0 Å². The highest BCUT2D eigenvalue weighted by molar-refractivity contribution is 6.24. The molecule has 4 rings (SSSR count). The van der Waals surface area contributed by atoms with Gasteiger partial charge in [-0.3, -0.25) is 0 Å². The van der Waals surface area contributed by atoms with Crippen LogP contribution in [-0.4, -0.2) is 11.0 Å². The molecule has 4 aliphatic carbocycles. The summed E-state index contributed by atoms with van der Waals surface area (Å²) < 4.78 is 13.6. The van der Waals surface area contributed by atoms with Crippen LogP contribution in [0, 0.1) is 17.8 Å². The molecule has 4 saturated carbocycles. The first kappa shape index (κ1) is 7.61. The van der Waals surface area contributed by atoms with Crippen molar-refractivity contribution in [1.29, 1.82) is 0 Å². The van der Waals surface area contributed by atoms with Gasteiger partial charge >= 0.3 is 0 Å². The summed E-state index contributed by atoms with van der Waals surface area (Å²) in [5, 5.41) is 0. The number of halogens is 2. The van der Waals surface area contributed by atoms with E-state index in [1.807, 2.05) is 0 Å². The van der Waals surface area contributed by atoms with Crippen LogP contribution in [0.3, 0.4) is 0 Å². The topological polar surface area (TPSA) is 0 Å². The van der Waals surface area contributed by atoms with Gasteiger partial charge in [0.2, 0.25) is 0 Å². The minimum atomic E-state index is -0.520. The Bertz CT molecular complexity index is 200. The summed E-state index contributed by atoms with van der Waals surface area (Å²) in [6.45, 7) is 0. The standard InChI is InChI=1S/C10H14ClF/c11-10-3-6-1-7(4-10)9(12)8(2-6)5-10/h6-9H,1-5H2/t6?,7-,8+,9?,10?. The van der Waals surface area contributed by atoms with Crippen molar-refractivity contribution in [3.63, 3.8) is 0 Å². The zero-order valence-corrected chi connectivity index (χ0v) is 7.86. The van der Waals surface area contributed by atoms with Crippen molar-refractivity contribution in [2.75, 3.05) is 0 Å². The molecular weight excluding hydrogens is 175 g/mol. The van der Waals surface area contributed by atoms with Crippen LogP contribution >= 0.6 is 11.6 Å². The Morgan fingerprint density at radius 2 is 1.67 bits per heavy atom. The first-order chi connectivity index (χ1) is 5.66. The third-order valence-electron chi connectivity index (χ3n) is 4.08. The van der Waals surface area contributed by atoms with E-state index in [1.54, 1.807) is 0 Å². The van der Waals surface area contributed by atoms with Crippen LogP contribution in [0.25, 0.3) is 0 Å². The number of hydrogen-bond acceptors (Lipinski definition) is 0. The van der Waals surface area contributed by atoms with E-state index in [1.165, 1.54) is 0 Å². The van der Waals surface area contributed by atoms with E-state index < -0.39 is 6.17 Å². The summed E-state index contributed by atoms with van der Waals surface area (Å²) in [7, 11) is 0. The highest BCUT2D eigenvalue weighted by Crippen LogP contribution is 2.59. The molecule has 0 radical (unpaired) electrons. The third kappa shape index (κ3) is 0.891. The monoisotopic (exact) mass is 188 g/mol. The second-order valence-electron chi connectivity index (χ2n) is 5.07. The molecule has 2 heteroatoms. The van der Waals surface area contributed by atoms with E-state index in [2.05, 4.69) is 0 Å². The highest BCUT2D eigenvalue weighted by Gasteiger charge is 2.54. The van der Waals surface area contributed by atoms with Gasteiger partial charge in [-0.05, 0) is 49.9 Å². The molecule has 0 spiro atoms. The Kier molecular flexibility index (Phi) is 1.38. The molecule has 0 aromatic heterocycles. The molecule has 0 aliphatic heterocycles. The van der Waals surface area contributed by atoms with Gasteiger partial charge in [0, 0.05) is 4.87 Å². The normalized spacial score (nSPS) is 62.5. The lowest BCUT2D eigenvalue weighted by atomic mass is 9.55. The summed E-state index contributed by atoms with van der Waals surface area (Å²) in [6.07, 6.45) is 4.77. The number of hydrogen-bond donors (Lipinski definition) is 0. The molecule has 12 heavy (non-hydrogen) atoms. The maximum atomic E-state index is 13.6. The molecule has 0 saturated heterocycles. The fourth-order valence-electron chi connectivity index (χ4n) is 3.86. The first-order valence-corrected chi connectivity index (χ1v) is 5.37. The maximum absolute atomic E-state index is 13.6. The lowest BCUT2D eigenvalue weighted by Gasteiger charge is -2.55. The molecule has 3 unspecified atom stereocenters. The van der Waals surface area contributed by atoms with Crippen molar-refractivity contribution in [3.05, 3.63) is 0 Å². The van der Waals surface area contributed by atoms with Crippen molar-refractivity contribution in [2.45, 2.75) is 43.1 Å². The molecule has 0 amide bonds. The van der Waals surface area contributed by atoms with Crippen molar-refractivity contribution in [2.24, 2.45) is 17.8 Å². The summed E-state index contributed by atoms with van der Waals surface area (Å²) >= 11 is 6.43. The molecule has 4 aliphatic rings. The van der Waals surface area contributed by atoms with E-state index in [9.17, 15) is 4.39 Å². The largest absolute Gasteiger partial charge is 0.247 e. The Morgan fingerprint density at radius 1 is 1.08 bits per heavy atom. The number of rotatable bonds is 0. The van der Waals surface area contributed by atoms with Gasteiger partial charge in [-0.15, -0.1) is 11.6 Å². The SMILES string of the molecule is FC1[C@@H]2CC3C[C@H]1CC(Cl)(C3)C2. The van der Waals surface area contributed by atoms with Gasteiger partial charge in [0.1, 0.15) is 6.17 Å². The van der Waals surface area contributed by atoms with Gasteiger partial charge in [0.15, 0.2) is 0 Å². The van der Waals surface area contributed by atoms with E-state index in [0.717, 1.165) is 38.0 Å². The summed E-state index contributed by atoms with van der Waals surface area (Å²) in [5.41, 5.74) is 0. The second-order valence-corrected chi connectivity index (χ2v) is 5.87. The average molecular weight is 189 g/mol. The van der Waals surface area contributed by atoms with Crippen molar-refractivity contribution in [1.82, 2.24) is 0 Å². The molecule has 68 valence electrons. The summed E-state index contributed by atoms with van der Waals surface area (Å²) in [6, 6.07) is 0. The molecule has 4 fully saturated rings. The quantitative estimate of drug-likeness (QED) is 0.513. The summed E-state index contributed by atoms with van der Waals surface area (Å²) in [4.78, 5) is 0.0130. The fourth-order valence-corrected chi connectivity index (χ4v) is 4.48. The molecule has 4 bridgehead atoms. The highest BCUT2D eigenvalue weighted by atomic mass is 35.5. The zero-order chi connectivity index (χ0) is 8.34. The van der Waals surface area contributed by atoms with Crippen LogP contribution in [-0.2, 0) is 0 Å². The van der Waals surface area contributed by atoms with Gasteiger partial charge in [0.05, 0.1) is 0 Å². The van der Waals surface area contributed by atoms with Crippen molar-refractivity contribution >= 4 is 11.6 Å². The van der Waals surface area contributed by atoms with Crippen LogP contribution < -0.4 is 0 Å². The predicted octanol–water partition coefficient (Wildman–Crippen LogP) is 3.14. The molecule has 0 aromatic rings. The van der Waals surface area contributed by atoms with Crippen LogP contribution in [0.2, 0.25) is 0 Å². The summed E-state index contributed by atoms with van der Waals surface area (Å²) in [5.74, 6) is 1.38. The van der Waals surface area contributed by atoms with Crippen LogP contribution in [0.5, 0.6) is 0 Å². The Hall–Kier alpha value is 0.220. The average Bonchev–Trinajstić information content (AvgIpc) is 1.96. The van der Waals surface area contributed by atoms with Crippen molar-refractivity contribution < 1.29 is 4.39 Å². The molecule has 5 atom stereocenters. The van der Waals surface area contributed by atoms with Crippen molar-refractivity contribution in [3.8, 4) is 0 Å². The second kappa shape index (κ2) is 2.17. The Morgan fingerprint density at radius 3 is 2.17 bits per heavy atom. The number of alkyl halides is 2. The van der Waals surface area contributed by atoms with Crippen LogP contribution in [0.15, 0.2) is 0 Å². The van der Waals surface area contributed by atoms with Gasteiger partial charge in [-0.1, -0.05) is 0 Å². The minimum absolute atomic E-state index is 0.0130. The van der Waals surface area contributed by atoms with Gasteiger partial charge < -0.3 is 0 Å². The van der Waals surface area contributed by atoms with E-state index in [-0.39, 0.29) is 4.87 Å².